The standard InChI is InChI=1S/C51H61F3N6O8/c1-31-41(67-30-57-31)33-15-13-32(14-16-33)28-56-44(63)39-12-11-23-60(39)45(64)42(48(2,3)4)58-40(61)29-65-24-9-10-25-66-36-20-17-34(18-21-36)43(62)59-46-49(5,6)47(50(46,7)8)68-37-22-19-35(27-55)38(26-37)51(52,53)54/h13-22,26,30,39,42,46-47H,9-12,23-25,28-29H2,1-8H3,(H,56,63)(H,58,61)(H,59,62)/t39-,42+,46?,47?/m0/s1. The van der Waals surface area contributed by atoms with E-state index < -0.39 is 57.6 Å². The lowest BCUT2D eigenvalue weighted by molar-refractivity contribution is -0.164. The van der Waals surface area contributed by atoms with Gasteiger partial charge < -0.3 is 39.5 Å². The Bertz CT molecular complexity index is 2460. The molecule has 17 heteroatoms. The Morgan fingerprint density at radius 1 is 0.941 bits per heavy atom. The second-order valence-electron chi connectivity index (χ2n) is 19.7. The van der Waals surface area contributed by atoms with Gasteiger partial charge in [-0.3, -0.25) is 19.2 Å². The maximum absolute atomic E-state index is 13.9. The quantitative estimate of drug-likeness (QED) is 0.0823. The first-order valence-corrected chi connectivity index (χ1v) is 22.8. The van der Waals surface area contributed by atoms with E-state index in [4.69, 9.17) is 23.9 Å². The molecule has 2 aliphatic rings. The minimum Gasteiger partial charge on any atom is -0.494 e. The van der Waals surface area contributed by atoms with Gasteiger partial charge in [0.2, 0.25) is 17.7 Å². The predicted molar refractivity (Wildman–Crippen MR) is 246 cm³/mol. The van der Waals surface area contributed by atoms with Crippen LogP contribution in [0.4, 0.5) is 13.2 Å². The molecule has 1 saturated heterocycles. The molecule has 0 radical (unpaired) electrons. The topological polar surface area (TPSA) is 185 Å². The van der Waals surface area contributed by atoms with Crippen molar-refractivity contribution in [1.29, 1.82) is 5.26 Å². The molecule has 6 rings (SSSR count). The molecule has 14 nitrogen and oxygen atoms in total. The van der Waals surface area contributed by atoms with E-state index in [0.29, 0.717) is 55.9 Å². The Labute approximate surface area is 395 Å². The Morgan fingerprint density at radius 2 is 1.60 bits per heavy atom. The summed E-state index contributed by atoms with van der Waals surface area (Å²) in [5.41, 5.74) is -0.529. The van der Waals surface area contributed by atoms with Crippen LogP contribution in [-0.2, 0) is 31.8 Å². The molecule has 2 fully saturated rings. The summed E-state index contributed by atoms with van der Waals surface area (Å²) >= 11 is 0. The highest BCUT2D eigenvalue weighted by Crippen LogP contribution is 2.56. The van der Waals surface area contributed by atoms with Crippen LogP contribution in [0.25, 0.3) is 11.3 Å². The van der Waals surface area contributed by atoms with Crippen molar-refractivity contribution in [2.75, 3.05) is 26.4 Å². The highest BCUT2D eigenvalue weighted by atomic mass is 19.4. The van der Waals surface area contributed by atoms with Crippen molar-refractivity contribution in [3.8, 4) is 28.9 Å². The van der Waals surface area contributed by atoms with Crippen LogP contribution in [0.5, 0.6) is 11.5 Å². The van der Waals surface area contributed by atoms with Crippen molar-refractivity contribution < 1.29 is 51.0 Å². The number of oxazole rings is 1. The fraction of sp³-hybridized carbons (Fsp3) is 0.490. The normalized spacial score (nSPS) is 19.0. The number of benzene rings is 3. The Morgan fingerprint density at radius 3 is 2.22 bits per heavy atom. The van der Waals surface area contributed by atoms with Crippen LogP contribution in [0.3, 0.4) is 0 Å². The molecule has 0 unspecified atom stereocenters. The van der Waals surface area contributed by atoms with Crippen LogP contribution in [0.1, 0.15) is 107 Å². The van der Waals surface area contributed by atoms with E-state index in [0.717, 1.165) is 29.0 Å². The number of ether oxygens (including phenoxy) is 3. The van der Waals surface area contributed by atoms with E-state index in [1.807, 2.05) is 79.7 Å². The lowest BCUT2D eigenvalue weighted by Gasteiger charge is -2.63. The van der Waals surface area contributed by atoms with Crippen LogP contribution in [0.2, 0.25) is 0 Å². The third-order valence-electron chi connectivity index (χ3n) is 12.8. The van der Waals surface area contributed by atoms with Gasteiger partial charge in [-0.15, -0.1) is 0 Å². The van der Waals surface area contributed by atoms with E-state index in [-0.39, 0.29) is 49.3 Å². The number of aromatic nitrogens is 1. The summed E-state index contributed by atoms with van der Waals surface area (Å²) in [4.78, 5) is 59.4. The molecule has 4 aromatic rings. The zero-order chi connectivity index (χ0) is 49.6. The van der Waals surface area contributed by atoms with Crippen molar-refractivity contribution in [2.45, 2.75) is 118 Å². The number of hydrogen-bond acceptors (Lipinski definition) is 10. The Hall–Kier alpha value is -6.41. The van der Waals surface area contributed by atoms with Crippen molar-refractivity contribution in [3.63, 3.8) is 0 Å². The number of nitrogens with zero attached hydrogens (tertiary/aromatic N) is 3. The first-order chi connectivity index (χ1) is 32.0. The molecule has 364 valence electrons. The number of alkyl halides is 3. The van der Waals surface area contributed by atoms with Gasteiger partial charge in [-0.25, -0.2) is 4.98 Å². The highest BCUT2D eigenvalue weighted by molar-refractivity contribution is 5.95. The highest BCUT2D eigenvalue weighted by Gasteiger charge is 2.64. The Balaban J connectivity index is 0.892. The molecule has 1 aliphatic heterocycles. The molecule has 1 saturated carbocycles. The van der Waals surface area contributed by atoms with Crippen molar-refractivity contribution in [1.82, 2.24) is 25.8 Å². The van der Waals surface area contributed by atoms with Gasteiger partial charge in [0.1, 0.15) is 36.3 Å². The molecule has 1 aliphatic carbocycles. The second kappa shape index (κ2) is 20.8. The van der Waals surface area contributed by atoms with Gasteiger partial charge in [0, 0.05) is 47.7 Å². The van der Waals surface area contributed by atoms with Gasteiger partial charge in [-0.2, -0.15) is 18.4 Å². The van der Waals surface area contributed by atoms with Crippen LogP contribution >= 0.6 is 0 Å². The maximum atomic E-state index is 13.9. The molecular weight excluding hydrogens is 882 g/mol. The lowest BCUT2D eigenvalue weighted by atomic mass is 9.49. The van der Waals surface area contributed by atoms with Crippen LogP contribution in [0, 0.1) is 34.5 Å². The average Bonchev–Trinajstić information content (AvgIpc) is 3.97. The van der Waals surface area contributed by atoms with Gasteiger partial charge in [0.05, 0.1) is 29.5 Å². The maximum Gasteiger partial charge on any atom is 0.417 e. The SMILES string of the molecule is Cc1ncoc1-c1ccc(CNC(=O)[C@@H]2CCCN2C(=O)[C@@H](NC(=O)COCCCCOc2ccc(C(=O)NC3C(C)(C)C(Oc4ccc(C#N)c(C(F)(F)F)c4)C3(C)C)cc2)C(C)(C)C)cc1. The van der Waals surface area contributed by atoms with Crippen LogP contribution in [-0.4, -0.2) is 84.1 Å². The van der Waals surface area contributed by atoms with E-state index in [2.05, 4.69) is 20.9 Å². The molecule has 3 aromatic carbocycles. The van der Waals surface area contributed by atoms with Gasteiger partial charge in [0.25, 0.3) is 5.91 Å². The zero-order valence-corrected chi connectivity index (χ0v) is 39.8. The smallest absolute Gasteiger partial charge is 0.417 e. The lowest BCUT2D eigenvalue weighted by Crippen LogP contribution is -2.74. The number of carbonyl (C=O) groups excluding carboxylic acids is 4. The monoisotopic (exact) mass is 942 g/mol. The number of unbranched alkanes of at least 4 members (excludes halogenated alkanes) is 1. The number of likely N-dealkylation sites (tertiary alicyclic amines) is 1. The number of amides is 4. The van der Waals surface area contributed by atoms with Gasteiger partial charge in [-0.05, 0) is 86.1 Å². The number of aryl methyl sites for hydroxylation is 1. The molecular formula is C51H61F3N6O8. The van der Waals surface area contributed by atoms with E-state index in [9.17, 15) is 32.3 Å². The van der Waals surface area contributed by atoms with E-state index in [1.54, 1.807) is 35.2 Å². The van der Waals surface area contributed by atoms with Crippen LogP contribution in [0.15, 0.2) is 77.5 Å². The van der Waals surface area contributed by atoms with Crippen LogP contribution < -0.4 is 25.4 Å². The summed E-state index contributed by atoms with van der Waals surface area (Å²) in [5, 5.41) is 18.1. The van der Waals surface area contributed by atoms with Crippen molar-refractivity contribution >= 4 is 23.6 Å². The Kier molecular flexibility index (Phi) is 15.6. The minimum absolute atomic E-state index is 0.00946. The van der Waals surface area contributed by atoms with Gasteiger partial charge in [-0.1, -0.05) is 72.7 Å². The van der Waals surface area contributed by atoms with Crippen molar-refractivity contribution in [2.24, 2.45) is 16.2 Å². The molecule has 2 heterocycles. The number of carbonyl (C=O) groups is 4. The zero-order valence-electron chi connectivity index (χ0n) is 39.8. The number of hydrogen-bond donors (Lipinski definition) is 3. The third kappa shape index (κ3) is 11.8. The first-order valence-electron chi connectivity index (χ1n) is 22.8. The van der Waals surface area contributed by atoms with E-state index >= 15 is 0 Å². The number of nitriles is 1. The molecule has 68 heavy (non-hydrogen) atoms. The summed E-state index contributed by atoms with van der Waals surface area (Å²) in [6, 6.07) is 17.3. The second-order valence-corrected chi connectivity index (χ2v) is 19.7. The summed E-state index contributed by atoms with van der Waals surface area (Å²) in [7, 11) is 0. The summed E-state index contributed by atoms with van der Waals surface area (Å²) in [6.07, 6.45) is -1.46. The van der Waals surface area contributed by atoms with E-state index in [1.165, 1.54) is 12.5 Å². The largest absolute Gasteiger partial charge is 0.494 e. The fourth-order valence-corrected chi connectivity index (χ4v) is 9.42. The molecule has 0 spiro atoms. The summed E-state index contributed by atoms with van der Waals surface area (Å²) in [6.45, 7) is 16.1. The first kappa shape index (κ1) is 51.0. The van der Waals surface area contributed by atoms with Crippen molar-refractivity contribution in [3.05, 3.63) is 101 Å². The summed E-state index contributed by atoms with van der Waals surface area (Å²) in [5.74, 6) is -0.0905. The minimum atomic E-state index is -4.72. The molecule has 2 atom stereocenters. The third-order valence-corrected chi connectivity index (χ3v) is 12.8. The summed E-state index contributed by atoms with van der Waals surface area (Å²) < 4.78 is 63.8. The molecule has 1 aromatic heterocycles. The molecule has 4 amide bonds. The van der Waals surface area contributed by atoms with Gasteiger partial charge >= 0.3 is 6.18 Å². The predicted octanol–water partition coefficient (Wildman–Crippen LogP) is 8.17. The fourth-order valence-electron chi connectivity index (χ4n) is 9.42. The number of rotatable bonds is 18. The molecule has 3 N–H and O–H groups in total. The number of nitrogens with one attached hydrogen (secondary N) is 3. The number of halogens is 3. The molecule has 0 bridgehead atoms. The average molecular weight is 943 g/mol. The van der Waals surface area contributed by atoms with Gasteiger partial charge in [0.15, 0.2) is 12.2 Å².